The third-order valence-corrected chi connectivity index (χ3v) is 31.6. The number of ether oxygens (including phenoxy) is 1. The van der Waals surface area contributed by atoms with Crippen molar-refractivity contribution in [2.75, 3.05) is 26.2 Å². The van der Waals surface area contributed by atoms with E-state index >= 15 is 0 Å². The van der Waals surface area contributed by atoms with Gasteiger partial charge in [0.2, 0.25) is 11.8 Å². The van der Waals surface area contributed by atoms with Gasteiger partial charge in [0.25, 0.3) is 0 Å². The number of hydrogen-bond donors (Lipinski definition) is 5. The predicted molar refractivity (Wildman–Crippen MR) is 373 cm³/mol. The van der Waals surface area contributed by atoms with E-state index in [4.69, 9.17) is 4.74 Å². The maximum atomic E-state index is 15.0. The maximum Gasteiger partial charge on any atom is 0.408 e. The van der Waals surface area contributed by atoms with Gasteiger partial charge in [0.05, 0.1) is 22.8 Å². The molecule has 10 aliphatic rings. The van der Waals surface area contributed by atoms with Crippen LogP contribution in [0.15, 0.2) is 24.3 Å². The number of hydrogen-bond acceptors (Lipinski definition) is 9. The number of amides is 3. The monoisotopic (exact) mass is 1300 g/mol. The molecule has 0 bridgehead atoms. The second-order valence-corrected chi connectivity index (χ2v) is 37.5. The largest absolute Gasteiger partial charge is 0.481 e. The van der Waals surface area contributed by atoms with Gasteiger partial charge in [-0.15, -0.1) is 0 Å². The third-order valence-electron chi connectivity index (χ3n) is 31.6. The molecule has 20 atom stereocenters. The van der Waals surface area contributed by atoms with Gasteiger partial charge < -0.3 is 31.1 Å². The molecular weight excluding hydrogens is 1170 g/mol. The number of rotatable bonds is 23. The first-order chi connectivity index (χ1) is 43.9. The quantitative estimate of drug-likeness (QED) is 0.0485. The molecule has 3 amide bonds. The second kappa shape index (κ2) is 26.3. The Hall–Kier alpha value is -3.87. The van der Waals surface area contributed by atoms with Gasteiger partial charge in [0, 0.05) is 49.7 Å². The normalized spacial score (nSPS) is 41.4. The fraction of sp³-hybridized carbons (Fsp3) is 0.864. The number of carboxylic acids is 1. The molecule has 10 saturated carbocycles. The second-order valence-electron chi connectivity index (χ2n) is 37.5. The van der Waals surface area contributed by atoms with E-state index in [1.54, 1.807) is 20.8 Å². The topological polar surface area (TPSA) is 197 Å². The fourth-order valence-electron chi connectivity index (χ4n) is 26.4. The average molecular weight is 1300 g/mol. The van der Waals surface area contributed by atoms with Crippen molar-refractivity contribution in [3.8, 4) is 0 Å². The highest BCUT2D eigenvalue weighted by molar-refractivity contribution is 5.88. The number of unbranched alkanes of at least 4 members (excludes halogenated alkanes) is 2. The molecule has 0 aromatic rings. The van der Waals surface area contributed by atoms with Crippen molar-refractivity contribution >= 4 is 41.2 Å². The zero-order valence-electron chi connectivity index (χ0n) is 61.7. The Labute approximate surface area is 568 Å². The molecule has 10 rings (SSSR count). The Balaban J connectivity index is 0.681. The lowest BCUT2D eigenvalue weighted by Crippen LogP contribution is -2.67. The molecule has 528 valence electrons. The van der Waals surface area contributed by atoms with Gasteiger partial charge in [-0.2, -0.15) is 0 Å². The Morgan fingerprint density at radius 1 is 0.521 bits per heavy atom. The summed E-state index contributed by atoms with van der Waals surface area (Å²) in [4.78, 5) is 96.2. The first kappa shape index (κ1) is 72.9. The van der Waals surface area contributed by atoms with Crippen LogP contribution in [0.25, 0.3) is 0 Å². The van der Waals surface area contributed by atoms with E-state index in [1.807, 2.05) is 0 Å². The van der Waals surface area contributed by atoms with Gasteiger partial charge in [-0.3, -0.25) is 28.8 Å². The number of nitrogens with one attached hydrogen (secondary N) is 4. The molecule has 13 heteroatoms. The average Bonchev–Trinajstić information content (AvgIpc) is 1.05. The van der Waals surface area contributed by atoms with Crippen LogP contribution in [0.3, 0.4) is 0 Å². The van der Waals surface area contributed by atoms with Crippen LogP contribution >= 0.6 is 0 Å². The van der Waals surface area contributed by atoms with Crippen molar-refractivity contribution in [2.45, 2.75) is 295 Å². The van der Waals surface area contributed by atoms with Crippen LogP contribution in [0.5, 0.6) is 0 Å². The van der Waals surface area contributed by atoms with Gasteiger partial charge in [-0.1, -0.05) is 100.0 Å². The Morgan fingerprint density at radius 2 is 0.968 bits per heavy atom. The van der Waals surface area contributed by atoms with Gasteiger partial charge >= 0.3 is 12.1 Å². The number of carbonyl (C=O) groups excluding carboxylic acids is 6. The molecular formula is C81H130N4O9. The van der Waals surface area contributed by atoms with E-state index in [-0.39, 0.29) is 79.2 Å². The van der Waals surface area contributed by atoms with Crippen LogP contribution in [0.4, 0.5) is 4.79 Å². The number of aliphatic carboxylic acids is 1. The highest BCUT2D eigenvalue weighted by Crippen LogP contribution is 2.80. The minimum absolute atomic E-state index is 0.0797. The van der Waals surface area contributed by atoms with Crippen LogP contribution in [-0.2, 0) is 33.5 Å². The smallest absolute Gasteiger partial charge is 0.408 e. The molecule has 0 aromatic heterocycles. The van der Waals surface area contributed by atoms with Crippen LogP contribution in [0.1, 0.15) is 284 Å². The molecule has 5 N–H and O–H groups in total. The summed E-state index contributed by atoms with van der Waals surface area (Å²) in [5.41, 5.74) is 0.900. The number of allylic oxidation sites excluding steroid dienone is 2. The van der Waals surface area contributed by atoms with Crippen molar-refractivity contribution in [1.29, 1.82) is 0 Å². The number of carboxylic acid groups (broad SMARTS) is 1. The van der Waals surface area contributed by atoms with Crippen molar-refractivity contribution in [2.24, 2.45) is 119 Å². The molecule has 0 radical (unpaired) electrons. The van der Waals surface area contributed by atoms with Crippen molar-refractivity contribution in [1.82, 2.24) is 21.3 Å². The molecule has 0 spiro atoms. The van der Waals surface area contributed by atoms with Crippen LogP contribution in [-0.4, -0.2) is 84.2 Å². The summed E-state index contributed by atoms with van der Waals surface area (Å²) < 4.78 is 5.62. The summed E-state index contributed by atoms with van der Waals surface area (Å²) in [5.74, 6) is 3.56. The van der Waals surface area contributed by atoms with E-state index in [1.165, 1.54) is 11.1 Å². The third kappa shape index (κ3) is 12.1. The lowest BCUT2D eigenvalue weighted by Gasteiger charge is -2.72. The van der Waals surface area contributed by atoms with E-state index < -0.39 is 40.5 Å². The Kier molecular flexibility index (Phi) is 20.4. The Morgan fingerprint density at radius 3 is 1.39 bits per heavy atom. The highest BCUT2D eigenvalue weighted by Gasteiger charge is 2.74. The molecule has 0 saturated heterocycles. The van der Waals surface area contributed by atoms with Crippen molar-refractivity contribution in [3.63, 3.8) is 0 Å². The minimum Gasteiger partial charge on any atom is -0.481 e. The first-order valence-electron chi connectivity index (χ1n) is 38.3. The van der Waals surface area contributed by atoms with Crippen molar-refractivity contribution < 1.29 is 43.4 Å². The highest BCUT2D eigenvalue weighted by atomic mass is 16.6. The van der Waals surface area contributed by atoms with Crippen LogP contribution in [0, 0.1) is 119 Å². The summed E-state index contributed by atoms with van der Waals surface area (Å²) in [7, 11) is 0. The van der Waals surface area contributed by atoms with Gasteiger partial charge in [0.1, 0.15) is 17.2 Å². The van der Waals surface area contributed by atoms with Crippen molar-refractivity contribution in [3.05, 3.63) is 24.3 Å². The zero-order valence-corrected chi connectivity index (χ0v) is 61.7. The zero-order chi connectivity index (χ0) is 68.8. The number of alkyl carbamates (subject to hydrolysis) is 1. The van der Waals surface area contributed by atoms with E-state index in [9.17, 15) is 38.7 Å². The number of fused-ring (bicyclic) bond motifs is 14. The lowest BCUT2D eigenvalue weighted by atomic mass is 9.32. The molecule has 8 unspecified atom stereocenters. The van der Waals surface area contributed by atoms with E-state index in [0.717, 1.165) is 116 Å². The molecule has 94 heavy (non-hydrogen) atoms. The summed E-state index contributed by atoms with van der Waals surface area (Å²) in [6, 6.07) is -0.778. The van der Waals surface area contributed by atoms with E-state index in [0.29, 0.717) is 143 Å². The Bertz CT molecular complexity index is 2940. The predicted octanol–water partition coefficient (Wildman–Crippen LogP) is 16.5. The summed E-state index contributed by atoms with van der Waals surface area (Å²) >= 11 is 0. The van der Waals surface area contributed by atoms with Gasteiger partial charge in [-0.25, -0.2) is 4.79 Å². The molecule has 0 heterocycles. The summed E-state index contributed by atoms with van der Waals surface area (Å²) in [6.45, 7) is 44.9. The number of carbonyl (C=O) groups is 7. The van der Waals surface area contributed by atoms with Crippen LogP contribution in [0.2, 0.25) is 0 Å². The first-order valence-corrected chi connectivity index (χ1v) is 38.3. The van der Waals surface area contributed by atoms with Gasteiger partial charge in [-0.05, 0) is 287 Å². The number of ketones is 3. The molecule has 13 nitrogen and oxygen atoms in total. The molecule has 10 aliphatic carbocycles. The number of Topliss-reactive ketones (excluding diaryl/α,β-unsaturated/α-hetero) is 3. The molecule has 0 aromatic carbocycles. The molecule has 0 aliphatic heterocycles. The molecule has 10 fully saturated rings. The fourth-order valence-corrected chi connectivity index (χ4v) is 26.4. The summed E-state index contributed by atoms with van der Waals surface area (Å²) in [6.07, 6.45) is 23.4. The standard InChI is InChI=1S/C81H130N4O9/c1-50(2)53-28-40-80(44-42-76(14)55(65(53)80)24-26-61-74(12)36-32-63(87)72(8,9)59(74)30-38-78(61,76)16)68(91)83-46-20-18-22-52(67(89)90)34-48-82-49-35-58(86)57(85-70(93)94-71(5,6)7)23-19-21-47-84-69(92)81-41-29-54(51(3)4)66(81)56-25-27-62-75(13)37-33-64(88)73(10,11)60(75)31-39-79(62,17)77(56,15)43-45-81/h52-57,59-62,65-66,82H,1,3,18-49H2,2,4-17H3,(H,83,91)(H,84,92)(H,85,93)(H,89,90)/t52?,53?,54?,55-,56-,57?,59+,60+,61-,62-,65?,66?,74+,75+,76-,77-,78-,79-,80?,81?/m1/s1. The van der Waals surface area contributed by atoms with E-state index in [2.05, 4.69) is 118 Å². The van der Waals surface area contributed by atoms with Gasteiger partial charge in [0.15, 0.2) is 5.78 Å². The minimum atomic E-state index is -0.844. The lowest BCUT2D eigenvalue weighted by molar-refractivity contribution is -0.233. The van der Waals surface area contributed by atoms with Crippen LogP contribution < -0.4 is 21.3 Å². The summed E-state index contributed by atoms with van der Waals surface area (Å²) in [5, 5.41) is 23.4. The SMILES string of the molecule is C=C(C)C1CCC2(C(=O)NCCCCC(CCNCCC(=O)C(CCCCNC(=O)C34CCC(C(=C)C)C3[C@H]3CC[C@@H]5[C@@]6(C)CCC(=O)C(C)(C)[C@@H]6CC[C@@]5(C)[C@]3(C)CC4)NC(=O)OC(C)(C)C)C(=O)O)CC[C@]3(C)[C@H](CC[C@@H]4[C@@]5(C)CCC(=O)C(C)(C)[C@@H]5CC[C@]43C)C12. The maximum absolute atomic E-state index is 15.0.